The van der Waals surface area contributed by atoms with Crippen LogP contribution >= 0.6 is 16.5 Å². The fourth-order valence-corrected chi connectivity index (χ4v) is 4.87. The molecule has 0 heterocycles. The van der Waals surface area contributed by atoms with Crippen LogP contribution in [0.1, 0.15) is 117 Å². The number of rotatable bonds is 19. The molecule has 0 saturated carbocycles. The second kappa shape index (κ2) is 23.3. The van der Waals surface area contributed by atoms with E-state index in [4.69, 9.17) is 0 Å². The fourth-order valence-electron chi connectivity index (χ4n) is 2.82. The maximum atomic E-state index is 2.42. The summed E-state index contributed by atoms with van der Waals surface area (Å²) in [4.78, 5) is 0. The summed E-state index contributed by atoms with van der Waals surface area (Å²) in [7, 11) is 2.03. The molecule has 0 N–H and O–H groups in total. The minimum Gasteiger partial charge on any atom is -0.0840 e. The number of hydrogen-bond donors (Lipinski definition) is 0. The molecule has 0 fully saturated rings. The van der Waals surface area contributed by atoms with Crippen molar-refractivity contribution >= 4 is 16.5 Å². The number of hydrogen-bond acceptors (Lipinski definition) is 0. The Labute approximate surface area is 157 Å². The Balaban J connectivity index is 3.14. The van der Waals surface area contributed by atoms with Crippen LogP contribution in [0.3, 0.4) is 0 Å². The highest BCUT2D eigenvalue weighted by Gasteiger charge is 1.90. The van der Waals surface area contributed by atoms with Crippen molar-refractivity contribution in [3.8, 4) is 0 Å². The van der Waals surface area contributed by atoms with E-state index in [9.17, 15) is 0 Å². The van der Waals surface area contributed by atoms with Crippen molar-refractivity contribution < 1.29 is 0 Å². The highest BCUT2D eigenvalue weighted by atomic mass is 32.0. The first-order chi connectivity index (χ1) is 11.9. The molecular weight excluding hydrogens is 326 g/mol. The van der Waals surface area contributed by atoms with Crippen molar-refractivity contribution in [2.45, 2.75) is 117 Å². The van der Waals surface area contributed by atoms with Gasteiger partial charge in [0, 0.05) is 0 Å². The summed E-state index contributed by atoms with van der Waals surface area (Å²) in [5.41, 5.74) is 0. The Morgan fingerprint density at radius 2 is 0.792 bits per heavy atom. The predicted molar refractivity (Wildman–Crippen MR) is 120 cm³/mol. The van der Waals surface area contributed by atoms with E-state index in [1.165, 1.54) is 103 Å². The molecule has 24 heavy (non-hydrogen) atoms. The van der Waals surface area contributed by atoms with Crippen LogP contribution in [-0.2, 0) is 0 Å². The molecule has 2 atom stereocenters. The summed E-state index contributed by atoms with van der Waals surface area (Å²) in [6.45, 7) is 4.58. The number of unbranched alkanes of at least 4 members (excludes halogenated alkanes) is 14. The van der Waals surface area contributed by atoms with E-state index in [1.807, 2.05) is 0 Å². The Bertz CT molecular complexity index is 243. The SMILES string of the molecule is CCCCCCCCCC=CPPC=CCCCCCCCCC. The maximum Gasteiger partial charge on any atom is -0.0347 e. The molecule has 0 aromatic rings. The monoisotopic (exact) mass is 370 g/mol. The lowest BCUT2D eigenvalue weighted by Gasteiger charge is -1.99. The van der Waals surface area contributed by atoms with E-state index < -0.39 is 0 Å². The molecule has 2 heteroatoms. The van der Waals surface area contributed by atoms with E-state index in [2.05, 4.69) is 37.6 Å². The van der Waals surface area contributed by atoms with Crippen LogP contribution in [0.15, 0.2) is 23.8 Å². The third kappa shape index (κ3) is 22.3. The summed E-state index contributed by atoms with van der Waals surface area (Å²) < 4.78 is 0. The molecule has 142 valence electrons. The molecule has 0 bridgehead atoms. The topological polar surface area (TPSA) is 0 Å². The van der Waals surface area contributed by atoms with Gasteiger partial charge in [-0.05, 0) is 25.7 Å². The molecule has 0 aliphatic carbocycles. The predicted octanol–water partition coefficient (Wildman–Crippen LogP) is 9.57. The largest absolute Gasteiger partial charge is 0.0840 e. The van der Waals surface area contributed by atoms with Crippen molar-refractivity contribution in [1.82, 2.24) is 0 Å². The Morgan fingerprint density at radius 1 is 0.458 bits per heavy atom. The normalized spacial score (nSPS) is 12.9. The van der Waals surface area contributed by atoms with Crippen molar-refractivity contribution in [2.75, 3.05) is 0 Å². The van der Waals surface area contributed by atoms with Crippen molar-refractivity contribution in [2.24, 2.45) is 0 Å². The van der Waals surface area contributed by atoms with Crippen LogP contribution in [0.25, 0.3) is 0 Å². The van der Waals surface area contributed by atoms with Crippen LogP contribution in [0.4, 0.5) is 0 Å². The highest BCUT2D eigenvalue weighted by Crippen LogP contribution is 2.39. The highest BCUT2D eigenvalue weighted by molar-refractivity contribution is 8.14. The van der Waals surface area contributed by atoms with Gasteiger partial charge in [0.05, 0.1) is 0 Å². The summed E-state index contributed by atoms with van der Waals surface area (Å²) in [5.74, 6) is 4.85. The summed E-state index contributed by atoms with van der Waals surface area (Å²) in [6, 6.07) is 0. The average Bonchev–Trinajstić information content (AvgIpc) is 2.60. The van der Waals surface area contributed by atoms with Crippen LogP contribution in [0, 0.1) is 0 Å². The van der Waals surface area contributed by atoms with Crippen molar-refractivity contribution in [3.05, 3.63) is 23.8 Å². The second-order valence-electron chi connectivity index (χ2n) is 6.91. The summed E-state index contributed by atoms with van der Waals surface area (Å²) in [6.07, 6.45) is 27.3. The van der Waals surface area contributed by atoms with Gasteiger partial charge in [-0.1, -0.05) is 131 Å². The van der Waals surface area contributed by atoms with E-state index in [-0.39, 0.29) is 0 Å². The molecule has 0 aliphatic rings. The molecule has 0 spiro atoms. The van der Waals surface area contributed by atoms with E-state index in [0.717, 1.165) is 16.5 Å². The first kappa shape index (κ1) is 24.3. The smallest absolute Gasteiger partial charge is 0.0347 e. The summed E-state index contributed by atoms with van der Waals surface area (Å²) in [5, 5.41) is 0. The zero-order valence-electron chi connectivity index (χ0n) is 16.6. The lowest BCUT2D eigenvalue weighted by molar-refractivity contribution is 0.592. The Hall–Kier alpha value is 0.340. The fraction of sp³-hybridized carbons (Fsp3) is 0.818. The van der Waals surface area contributed by atoms with Crippen LogP contribution in [0.2, 0.25) is 0 Å². The van der Waals surface area contributed by atoms with Gasteiger partial charge in [-0.25, -0.2) is 0 Å². The minimum atomic E-state index is 1.02. The molecule has 0 radical (unpaired) electrons. The molecule has 0 nitrogen and oxygen atoms in total. The molecular formula is C22H44P2. The number of allylic oxidation sites excluding steroid dienone is 2. The molecule has 0 rings (SSSR count). The minimum absolute atomic E-state index is 1.02. The van der Waals surface area contributed by atoms with Crippen molar-refractivity contribution in [3.63, 3.8) is 0 Å². The summed E-state index contributed by atoms with van der Waals surface area (Å²) >= 11 is 0. The first-order valence-electron chi connectivity index (χ1n) is 10.7. The Morgan fingerprint density at radius 3 is 1.17 bits per heavy atom. The van der Waals surface area contributed by atoms with Gasteiger partial charge in [0.2, 0.25) is 0 Å². The van der Waals surface area contributed by atoms with Crippen molar-refractivity contribution in [1.29, 1.82) is 0 Å². The van der Waals surface area contributed by atoms with Gasteiger partial charge >= 0.3 is 0 Å². The van der Waals surface area contributed by atoms with Gasteiger partial charge < -0.3 is 0 Å². The standard InChI is InChI=1S/C22H44P2/c1-3-5-7-9-11-13-15-17-19-21-23-24-22-20-18-16-14-12-10-8-6-4-2/h19-24H,3-18H2,1-2H3. The van der Waals surface area contributed by atoms with Crippen LogP contribution < -0.4 is 0 Å². The molecule has 0 aliphatic heterocycles. The Kier molecular flexibility index (Phi) is 23.7. The lowest BCUT2D eigenvalue weighted by atomic mass is 10.1. The van der Waals surface area contributed by atoms with E-state index in [1.54, 1.807) is 0 Å². The van der Waals surface area contributed by atoms with Gasteiger partial charge in [-0.2, -0.15) is 0 Å². The molecule has 0 aromatic heterocycles. The zero-order chi connectivity index (χ0) is 17.6. The van der Waals surface area contributed by atoms with Crippen LogP contribution in [0.5, 0.6) is 0 Å². The first-order valence-corrected chi connectivity index (χ1v) is 13.9. The van der Waals surface area contributed by atoms with Gasteiger partial charge in [0.25, 0.3) is 0 Å². The molecule has 2 unspecified atom stereocenters. The molecule has 0 aromatic carbocycles. The third-order valence-electron chi connectivity index (χ3n) is 4.43. The maximum absolute atomic E-state index is 2.42. The van der Waals surface area contributed by atoms with Crippen LogP contribution in [-0.4, -0.2) is 0 Å². The van der Waals surface area contributed by atoms with E-state index in [0.29, 0.717) is 0 Å². The van der Waals surface area contributed by atoms with Gasteiger partial charge in [0.15, 0.2) is 0 Å². The second-order valence-corrected chi connectivity index (χ2v) is 9.89. The third-order valence-corrected chi connectivity index (χ3v) is 6.91. The molecule has 0 amide bonds. The van der Waals surface area contributed by atoms with Gasteiger partial charge in [-0.15, -0.1) is 0 Å². The van der Waals surface area contributed by atoms with Gasteiger partial charge in [-0.3, -0.25) is 0 Å². The van der Waals surface area contributed by atoms with Gasteiger partial charge in [0.1, 0.15) is 0 Å². The molecule has 0 saturated heterocycles. The average molecular weight is 371 g/mol. The van der Waals surface area contributed by atoms with E-state index >= 15 is 0 Å². The lowest BCUT2D eigenvalue weighted by Crippen LogP contribution is -1.78. The quantitative estimate of drug-likeness (QED) is 0.157. The zero-order valence-corrected chi connectivity index (χ0v) is 18.6.